The van der Waals surface area contributed by atoms with E-state index in [1.807, 2.05) is 6.07 Å². The maximum atomic E-state index is 13.3. The van der Waals surface area contributed by atoms with Gasteiger partial charge < -0.3 is 5.11 Å². The third-order valence-corrected chi connectivity index (χ3v) is 5.39. The van der Waals surface area contributed by atoms with Crippen molar-refractivity contribution in [1.82, 2.24) is 10.2 Å². The molecule has 24 heavy (non-hydrogen) atoms. The fourth-order valence-corrected chi connectivity index (χ4v) is 3.78. The van der Waals surface area contributed by atoms with Crippen LogP contribution < -0.4 is 0 Å². The number of phenolic OH excluding ortho intramolecular Hbond substituents is 1. The number of aromatic hydroxyl groups is 1. The Kier molecular flexibility index (Phi) is 4.77. The highest BCUT2D eigenvalue weighted by Crippen LogP contribution is 2.31. The smallest absolute Gasteiger partial charge is 0.194 e. The molecule has 3 rings (SSSR count). The van der Waals surface area contributed by atoms with E-state index in [0.29, 0.717) is 15.8 Å². The van der Waals surface area contributed by atoms with E-state index >= 15 is 0 Å². The van der Waals surface area contributed by atoms with Crippen molar-refractivity contribution in [1.29, 1.82) is 0 Å². The van der Waals surface area contributed by atoms with Crippen molar-refractivity contribution < 1.29 is 18.3 Å². The summed E-state index contributed by atoms with van der Waals surface area (Å²) in [5, 5.41) is 18.4. The van der Waals surface area contributed by atoms with E-state index in [1.54, 1.807) is 19.1 Å². The second-order valence-electron chi connectivity index (χ2n) is 4.99. The first-order valence-corrected chi connectivity index (χ1v) is 8.64. The summed E-state index contributed by atoms with van der Waals surface area (Å²) >= 11 is 2.69. The molecule has 0 aliphatic rings. The molecule has 0 atom stereocenters. The number of phenols is 1. The first kappa shape index (κ1) is 16.8. The Labute approximate surface area is 144 Å². The summed E-state index contributed by atoms with van der Waals surface area (Å²) in [6.07, 6.45) is 0. The van der Waals surface area contributed by atoms with Crippen molar-refractivity contribution in [3.63, 3.8) is 0 Å². The first-order valence-electron chi connectivity index (χ1n) is 6.84. The quantitative estimate of drug-likeness (QED) is 0.524. The maximum absolute atomic E-state index is 13.3. The molecule has 1 aromatic heterocycles. The number of aryl methyl sites for hydroxylation is 1. The topological polar surface area (TPSA) is 46.0 Å². The zero-order chi connectivity index (χ0) is 17.3. The Bertz CT molecular complexity index is 876. The molecule has 3 aromatic rings. The zero-order valence-corrected chi connectivity index (χ0v) is 14.0. The van der Waals surface area contributed by atoms with Crippen LogP contribution in [-0.4, -0.2) is 15.3 Å². The van der Waals surface area contributed by atoms with Crippen LogP contribution in [0.4, 0.5) is 13.2 Å². The van der Waals surface area contributed by atoms with Crippen LogP contribution in [0.25, 0.3) is 10.6 Å². The Balaban J connectivity index is 1.75. The van der Waals surface area contributed by atoms with Crippen molar-refractivity contribution >= 4 is 23.1 Å². The SMILES string of the molecule is Cc1cc(SCc2nnc(-c3cc(F)c(F)c(F)c3)s2)ccc1O. The van der Waals surface area contributed by atoms with Crippen molar-refractivity contribution in [3.8, 4) is 16.3 Å². The third kappa shape index (κ3) is 3.54. The van der Waals surface area contributed by atoms with Crippen LogP contribution in [0.2, 0.25) is 0 Å². The Morgan fingerprint density at radius 3 is 2.46 bits per heavy atom. The van der Waals surface area contributed by atoms with E-state index in [0.717, 1.165) is 22.6 Å². The lowest BCUT2D eigenvalue weighted by Gasteiger charge is -2.02. The summed E-state index contributed by atoms with van der Waals surface area (Å²) in [6, 6.07) is 7.07. The van der Waals surface area contributed by atoms with Gasteiger partial charge in [0, 0.05) is 10.5 Å². The number of nitrogens with zero attached hydrogens (tertiary/aromatic N) is 2. The van der Waals surface area contributed by atoms with Crippen molar-refractivity contribution in [2.75, 3.05) is 0 Å². The van der Waals surface area contributed by atoms with E-state index in [9.17, 15) is 18.3 Å². The van der Waals surface area contributed by atoms with E-state index in [1.165, 1.54) is 23.1 Å². The molecular weight excluding hydrogens is 357 g/mol. The fourth-order valence-electron chi connectivity index (χ4n) is 1.97. The molecule has 2 aromatic carbocycles. The highest BCUT2D eigenvalue weighted by atomic mass is 32.2. The number of halogens is 3. The van der Waals surface area contributed by atoms with Crippen LogP contribution in [0.15, 0.2) is 35.2 Å². The number of hydrogen-bond acceptors (Lipinski definition) is 5. The summed E-state index contributed by atoms with van der Waals surface area (Å²) < 4.78 is 39.6. The normalized spacial score (nSPS) is 11.0. The zero-order valence-electron chi connectivity index (χ0n) is 12.4. The lowest BCUT2D eigenvalue weighted by molar-refractivity contribution is 0.447. The fraction of sp³-hybridized carbons (Fsp3) is 0.125. The molecule has 0 spiro atoms. The van der Waals surface area contributed by atoms with Gasteiger partial charge in [-0.3, -0.25) is 0 Å². The molecule has 0 saturated carbocycles. The Morgan fingerprint density at radius 2 is 1.79 bits per heavy atom. The minimum atomic E-state index is -1.50. The summed E-state index contributed by atoms with van der Waals surface area (Å²) in [5.74, 6) is -3.25. The van der Waals surface area contributed by atoms with Gasteiger partial charge in [-0.25, -0.2) is 13.2 Å². The van der Waals surface area contributed by atoms with E-state index in [4.69, 9.17) is 0 Å². The molecule has 0 amide bonds. The minimum absolute atomic E-state index is 0.153. The molecule has 1 N–H and O–H groups in total. The van der Waals surface area contributed by atoms with Crippen LogP contribution in [0.5, 0.6) is 5.75 Å². The van der Waals surface area contributed by atoms with Gasteiger partial charge in [0.25, 0.3) is 0 Å². The molecular formula is C16H11F3N2OS2. The van der Waals surface area contributed by atoms with Gasteiger partial charge in [0.15, 0.2) is 17.5 Å². The highest BCUT2D eigenvalue weighted by Gasteiger charge is 2.14. The summed E-state index contributed by atoms with van der Waals surface area (Å²) in [7, 11) is 0. The largest absolute Gasteiger partial charge is 0.508 e. The van der Waals surface area contributed by atoms with Crippen molar-refractivity contribution in [2.45, 2.75) is 17.6 Å². The van der Waals surface area contributed by atoms with Gasteiger partial charge in [0.2, 0.25) is 0 Å². The molecule has 0 saturated heterocycles. The van der Waals surface area contributed by atoms with Crippen LogP contribution in [0.3, 0.4) is 0 Å². The van der Waals surface area contributed by atoms with Crippen LogP contribution in [-0.2, 0) is 5.75 Å². The Morgan fingerprint density at radius 1 is 1.08 bits per heavy atom. The lowest BCUT2D eigenvalue weighted by atomic mass is 10.2. The van der Waals surface area contributed by atoms with Gasteiger partial charge in [0.05, 0.1) is 5.75 Å². The second kappa shape index (κ2) is 6.82. The van der Waals surface area contributed by atoms with Gasteiger partial charge >= 0.3 is 0 Å². The van der Waals surface area contributed by atoms with Crippen LogP contribution in [0.1, 0.15) is 10.6 Å². The van der Waals surface area contributed by atoms with Crippen molar-refractivity contribution in [2.24, 2.45) is 0 Å². The van der Waals surface area contributed by atoms with Gasteiger partial charge in [-0.1, -0.05) is 11.3 Å². The summed E-state index contributed by atoms with van der Waals surface area (Å²) in [4.78, 5) is 0.959. The van der Waals surface area contributed by atoms with Crippen molar-refractivity contribution in [3.05, 3.63) is 58.4 Å². The molecule has 1 heterocycles. The van der Waals surface area contributed by atoms with E-state index in [-0.39, 0.29) is 11.3 Å². The molecule has 0 aliphatic carbocycles. The standard InChI is InChI=1S/C16H11F3N2OS2/c1-8-4-10(2-3-13(8)22)23-7-14-20-21-16(24-14)9-5-11(17)15(19)12(18)6-9/h2-6,22H,7H2,1H3. The molecule has 0 unspecified atom stereocenters. The Hall–Kier alpha value is -2.06. The molecule has 0 bridgehead atoms. The predicted molar refractivity (Wildman–Crippen MR) is 87.6 cm³/mol. The average molecular weight is 368 g/mol. The third-order valence-electron chi connectivity index (χ3n) is 3.23. The number of aromatic nitrogens is 2. The lowest BCUT2D eigenvalue weighted by Crippen LogP contribution is -1.91. The second-order valence-corrected chi connectivity index (χ2v) is 7.10. The number of rotatable bonds is 4. The minimum Gasteiger partial charge on any atom is -0.508 e. The molecule has 8 heteroatoms. The van der Waals surface area contributed by atoms with E-state index < -0.39 is 17.5 Å². The highest BCUT2D eigenvalue weighted by molar-refractivity contribution is 7.98. The van der Waals surface area contributed by atoms with Gasteiger partial charge in [-0.05, 0) is 42.8 Å². The molecule has 0 radical (unpaired) electrons. The van der Waals surface area contributed by atoms with Gasteiger partial charge in [-0.15, -0.1) is 22.0 Å². The average Bonchev–Trinajstić information content (AvgIpc) is 3.02. The first-order chi connectivity index (χ1) is 11.4. The van der Waals surface area contributed by atoms with Crippen LogP contribution in [0, 0.1) is 24.4 Å². The molecule has 124 valence electrons. The molecule has 0 fully saturated rings. The summed E-state index contributed by atoms with van der Waals surface area (Å²) in [6.45, 7) is 1.81. The predicted octanol–water partition coefficient (Wildman–Crippen LogP) is 4.93. The number of hydrogen-bond donors (Lipinski definition) is 1. The van der Waals surface area contributed by atoms with Gasteiger partial charge in [0.1, 0.15) is 15.8 Å². The number of thioether (sulfide) groups is 1. The van der Waals surface area contributed by atoms with Gasteiger partial charge in [-0.2, -0.15) is 0 Å². The molecule has 3 nitrogen and oxygen atoms in total. The maximum Gasteiger partial charge on any atom is 0.194 e. The monoisotopic (exact) mass is 368 g/mol. The van der Waals surface area contributed by atoms with E-state index in [2.05, 4.69) is 10.2 Å². The summed E-state index contributed by atoms with van der Waals surface area (Å²) in [5.41, 5.74) is 0.927. The number of benzene rings is 2. The van der Waals surface area contributed by atoms with Crippen LogP contribution >= 0.6 is 23.1 Å². The molecule has 0 aliphatic heterocycles.